The van der Waals surface area contributed by atoms with Gasteiger partial charge in [-0.2, -0.15) is 0 Å². The topological polar surface area (TPSA) is 44.5 Å². The molecule has 1 atom stereocenters. The summed E-state index contributed by atoms with van der Waals surface area (Å²) in [6.07, 6.45) is 0.912. The van der Waals surface area contributed by atoms with Gasteiger partial charge < -0.3 is 15.2 Å². The predicted molar refractivity (Wildman–Crippen MR) is 77.9 cm³/mol. The van der Waals surface area contributed by atoms with Crippen LogP contribution in [0.5, 0.6) is 11.5 Å². The number of methoxy groups -OCH3 is 2. The average molecular weight is 274 g/mol. The summed E-state index contributed by atoms with van der Waals surface area (Å²) in [4.78, 5) is 0. The van der Waals surface area contributed by atoms with E-state index in [-0.39, 0.29) is 18.4 Å². The molecule has 0 saturated carbocycles. The molecule has 0 bridgehead atoms. The fraction of sp³-hybridized carbons (Fsp3) is 0.571. The molecule has 104 valence electrons. The zero-order valence-corrected chi connectivity index (χ0v) is 12.6. The second-order valence-electron chi connectivity index (χ2n) is 4.82. The zero-order chi connectivity index (χ0) is 13.0. The van der Waals surface area contributed by atoms with Gasteiger partial charge in [0.2, 0.25) is 0 Å². The highest BCUT2D eigenvalue weighted by molar-refractivity contribution is 5.85. The molecule has 18 heavy (non-hydrogen) atoms. The van der Waals surface area contributed by atoms with Crippen LogP contribution in [0.15, 0.2) is 12.1 Å². The molecule has 0 heterocycles. The van der Waals surface area contributed by atoms with Crippen LogP contribution in [-0.2, 0) is 0 Å². The monoisotopic (exact) mass is 273 g/mol. The van der Waals surface area contributed by atoms with Crippen molar-refractivity contribution in [3.63, 3.8) is 0 Å². The first-order valence-corrected chi connectivity index (χ1v) is 5.97. The van der Waals surface area contributed by atoms with Gasteiger partial charge in [0.15, 0.2) is 0 Å². The first-order valence-electron chi connectivity index (χ1n) is 5.97. The van der Waals surface area contributed by atoms with Gasteiger partial charge in [0.05, 0.1) is 19.8 Å². The quantitative estimate of drug-likeness (QED) is 0.893. The largest absolute Gasteiger partial charge is 0.496 e. The second-order valence-corrected chi connectivity index (χ2v) is 4.82. The SMILES string of the molecule is COc1cc(C)cc(OC)c1[C@H](N)CC(C)C.Cl. The van der Waals surface area contributed by atoms with Crippen LogP contribution in [0.3, 0.4) is 0 Å². The van der Waals surface area contributed by atoms with Gasteiger partial charge in [0, 0.05) is 6.04 Å². The molecule has 0 aliphatic carbocycles. The Morgan fingerprint density at radius 3 is 1.89 bits per heavy atom. The molecule has 0 spiro atoms. The van der Waals surface area contributed by atoms with Gasteiger partial charge in [-0.15, -0.1) is 12.4 Å². The highest BCUT2D eigenvalue weighted by Gasteiger charge is 2.19. The van der Waals surface area contributed by atoms with E-state index in [0.29, 0.717) is 5.92 Å². The van der Waals surface area contributed by atoms with Crippen LogP contribution in [0.25, 0.3) is 0 Å². The number of hydrogen-bond donors (Lipinski definition) is 1. The third kappa shape index (κ3) is 4.07. The van der Waals surface area contributed by atoms with E-state index >= 15 is 0 Å². The number of nitrogens with two attached hydrogens (primary N) is 1. The summed E-state index contributed by atoms with van der Waals surface area (Å²) in [5, 5.41) is 0. The minimum atomic E-state index is -0.0551. The van der Waals surface area contributed by atoms with E-state index in [1.54, 1.807) is 14.2 Å². The second kappa shape index (κ2) is 7.49. The smallest absolute Gasteiger partial charge is 0.127 e. The molecule has 1 aromatic rings. The Kier molecular flexibility index (Phi) is 7.11. The Labute approximate surface area is 116 Å². The summed E-state index contributed by atoms with van der Waals surface area (Å²) in [7, 11) is 3.33. The van der Waals surface area contributed by atoms with Gasteiger partial charge in [0.1, 0.15) is 11.5 Å². The summed E-state index contributed by atoms with van der Waals surface area (Å²) >= 11 is 0. The lowest BCUT2D eigenvalue weighted by atomic mass is 9.95. The minimum Gasteiger partial charge on any atom is -0.496 e. The molecule has 0 radical (unpaired) electrons. The molecule has 0 unspecified atom stereocenters. The Hall–Kier alpha value is -0.930. The van der Waals surface area contributed by atoms with Crippen molar-refractivity contribution in [3.8, 4) is 11.5 Å². The van der Waals surface area contributed by atoms with Crippen molar-refractivity contribution in [2.24, 2.45) is 11.7 Å². The fourth-order valence-corrected chi connectivity index (χ4v) is 2.06. The highest BCUT2D eigenvalue weighted by Crippen LogP contribution is 2.36. The van der Waals surface area contributed by atoms with Crippen LogP contribution in [-0.4, -0.2) is 14.2 Å². The highest BCUT2D eigenvalue weighted by atomic mass is 35.5. The van der Waals surface area contributed by atoms with E-state index in [4.69, 9.17) is 15.2 Å². The maximum Gasteiger partial charge on any atom is 0.127 e. The number of halogens is 1. The van der Waals surface area contributed by atoms with Crippen molar-refractivity contribution < 1.29 is 9.47 Å². The van der Waals surface area contributed by atoms with Gasteiger partial charge in [-0.1, -0.05) is 13.8 Å². The van der Waals surface area contributed by atoms with Gasteiger partial charge in [-0.25, -0.2) is 0 Å². The molecule has 0 aromatic heterocycles. The number of ether oxygens (including phenoxy) is 2. The van der Waals surface area contributed by atoms with Crippen molar-refractivity contribution in [3.05, 3.63) is 23.3 Å². The molecule has 0 saturated heterocycles. The van der Waals surface area contributed by atoms with Crippen LogP contribution < -0.4 is 15.2 Å². The van der Waals surface area contributed by atoms with Crippen molar-refractivity contribution >= 4 is 12.4 Å². The Morgan fingerprint density at radius 2 is 1.56 bits per heavy atom. The van der Waals surface area contributed by atoms with E-state index < -0.39 is 0 Å². The van der Waals surface area contributed by atoms with E-state index in [2.05, 4.69) is 13.8 Å². The minimum absolute atomic E-state index is 0. The molecular formula is C14H24ClNO2. The lowest BCUT2D eigenvalue weighted by Gasteiger charge is -2.21. The normalized spacial score (nSPS) is 11.9. The predicted octanol–water partition coefficient (Wildman–Crippen LogP) is 3.48. The molecule has 2 N–H and O–H groups in total. The number of aryl methyl sites for hydroxylation is 1. The molecule has 0 amide bonds. The van der Waals surface area contributed by atoms with Crippen LogP contribution in [0.2, 0.25) is 0 Å². The molecule has 4 heteroatoms. The average Bonchev–Trinajstić information content (AvgIpc) is 2.26. The van der Waals surface area contributed by atoms with E-state index in [1.807, 2.05) is 19.1 Å². The van der Waals surface area contributed by atoms with Crippen LogP contribution in [0.1, 0.15) is 37.4 Å². The summed E-state index contributed by atoms with van der Waals surface area (Å²) in [6.45, 7) is 6.34. The maximum absolute atomic E-state index is 6.24. The van der Waals surface area contributed by atoms with Gasteiger partial charge in [-0.3, -0.25) is 0 Å². The van der Waals surface area contributed by atoms with E-state index in [0.717, 1.165) is 29.0 Å². The third-order valence-corrected chi connectivity index (χ3v) is 2.78. The van der Waals surface area contributed by atoms with Crippen LogP contribution in [0, 0.1) is 12.8 Å². The first-order chi connectivity index (χ1) is 7.99. The molecule has 0 aliphatic heterocycles. The molecule has 0 aliphatic rings. The summed E-state index contributed by atoms with van der Waals surface area (Å²) in [5.41, 5.74) is 8.32. The molecule has 3 nitrogen and oxygen atoms in total. The molecule has 1 aromatic carbocycles. The summed E-state index contributed by atoms with van der Waals surface area (Å²) < 4.78 is 10.8. The molecular weight excluding hydrogens is 250 g/mol. The number of rotatable bonds is 5. The summed E-state index contributed by atoms with van der Waals surface area (Å²) in [6, 6.07) is 3.94. The van der Waals surface area contributed by atoms with Crippen LogP contribution in [0.4, 0.5) is 0 Å². The maximum atomic E-state index is 6.24. The summed E-state index contributed by atoms with van der Waals surface area (Å²) in [5.74, 6) is 2.17. The van der Waals surface area contributed by atoms with Crippen molar-refractivity contribution in [2.45, 2.75) is 33.2 Å². The third-order valence-electron chi connectivity index (χ3n) is 2.78. The van der Waals surface area contributed by atoms with Gasteiger partial charge in [0.25, 0.3) is 0 Å². The van der Waals surface area contributed by atoms with E-state index in [1.165, 1.54) is 0 Å². The Balaban J connectivity index is 0.00000289. The molecule has 1 rings (SSSR count). The van der Waals surface area contributed by atoms with Crippen LogP contribution >= 0.6 is 12.4 Å². The lowest BCUT2D eigenvalue weighted by molar-refractivity contribution is 0.371. The van der Waals surface area contributed by atoms with E-state index in [9.17, 15) is 0 Å². The zero-order valence-electron chi connectivity index (χ0n) is 11.8. The van der Waals surface area contributed by atoms with Crippen molar-refractivity contribution in [1.82, 2.24) is 0 Å². The van der Waals surface area contributed by atoms with Gasteiger partial charge in [-0.05, 0) is 37.0 Å². The van der Waals surface area contributed by atoms with Crippen molar-refractivity contribution in [2.75, 3.05) is 14.2 Å². The fourth-order valence-electron chi connectivity index (χ4n) is 2.06. The standard InChI is InChI=1S/C14H23NO2.ClH/c1-9(2)6-11(15)14-12(16-4)7-10(3)8-13(14)17-5;/h7-9,11H,6,15H2,1-5H3;1H/t11-;/m1./s1. The van der Waals surface area contributed by atoms with Crippen molar-refractivity contribution in [1.29, 1.82) is 0 Å². The first kappa shape index (κ1) is 17.1. The Morgan fingerprint density at radius 1 is 1.11 bits per heavy atom. The molecule has 0 fully saturated rings. The van der Waals surface area contributed by atoms with Gasteiger partial charge >= 0.3 is 0 Å². The lowest BCUT2D eigenvalue weighted by Crippen LogP contribution is -2.15. The number of hydrogen-bond acceptors (Lipinski definition) is 3. The number of benzene rings is 1. The Bertz CT molecular complexity index is 355.